The first-order valence-electron chi connectivity index (χ1n) is 8.58. The predicted octanol–water partition coefficient (Wildman–Crippen LogP) is 4.39. The lowest BCUT2D eigenvalue weighted by Gasteiger charge is -2.32. The third-order valence-electron chi connectivity index (χ3n) is 5.02. The summed E-state index contributed by atoms with van der Waals surface area (Å²) in [6.45, 7) is 1.97. The zero-order valence-electron chi connectivity index (χ0n) is 14.1. The Morgan fingerprint density at radius 3 is 2.44 bits per heavy atom. The molecule has 132 valence electrons. The molecule has 2 fully saturated rings. The van der Waals surface area contributed by atoms with Gasteiger partial charge in [0.2, 0.25) is 0 Å². The smallest absolute Gasteiger partial charge is 0.335 e. The second kappa shape index (κ2) is 7.44. The molecule has 5 nitrogen and oxygen atoms in total. The van der Waals surface area contributed by atoms with Crippen molar-refractivity contribution < 1.29 is 19.5 Å². The van der Waals surface area contributed by atoms with Crippen LogP contribution < -0.4 is 0 Å². The number of nitrogens with zero attached hydrogens (tertiary/aromatic N) is 1. The van der Waals surface area contributed by atoms with Gasteiger partial charge in [-0.3, -0.25) is 14.5 Å². The van der Waals surface area contributed by atoms with E-state index < -0.39 is 5.97 Å². The van der Waals surface area contributed by atoms with Gasteiger partial charge in [0.15, 0.2) is 0 Å². The monoisotopic (exact) mass is 359 g/mol. The zero-order chi connectivity index (χ0) is 18.0. The van der Waals surface area contributed by atoms with Crippen LogP contribution in [0.25, 0.3) is 6.08 Å². The molecule has 1 unspecified atom stereocenters. The quantitative estimate of drug-likeness (QED) is 0.807. The van der Waals surface area contributed by atoms with E-state index in [1.54, 1.807) is 18.2 Å². The SMILES string of the molecule is CC(C1CCCCC1)N1C(=O)S/C(=C\c2ccc(C(=O)O)cc2)C1=O. The molecular formula is C19H21NO4S. The lowest BCUT2D eigenvalue weighted by atomic mass is 9.84. The number of hydrogen-bond acceptors (Lipinski definition) is 4. The average molecular weight is 359 g/mol. The second-order valence-corrected chi connectivity index (χ2v) is 7.61. The fourth-order valence-corrected chi connectivity index (χ4v) is 4.45. The molecule has 1 saturated carbocycles. The highest BCUT2D eigenvalue weighted by Gasteiger charge is 2.40. The molecule has 3 rings (SSSR count). The summed E-state index contributed by atoms with van der Waals surface area (Å²) in [6, 6.07) is 6.18. The van der Waals surface area contributed by atoms with E-state index in [4.69, 9.17) is 5.11 Å². The Labute approximate surface area is 151 Å². The van der Waals surface area contributed by atoms with E-state index in [0.29, 0.717) is 16.4 Å². The number of carbonyl (C=O) groups excluding carboxylic acids is 2. The van der Waals surface area contributed by atoms with Crippen LogP contribution in [0.2, 0.25) is 0 Å². The van der Waals surface area contributed by atoms with Gasteiger partial charge in [-0.05, 0) is 61.2 Å². The largest absolute Gasteiger partial charge is 0.478 e. The zero-order valence-corrected chi connectivity index (χ0v) is 14.9. The van der Waals surface area contributed by atoms with Gasteiger partial charge in [0.1, 0.15) is 0 Å². The Morgan fingerprint density at radius 1 is 1.20 bits per heavy atom. The topological polar surface area (TPSA) is 74.7 Å². The van der Waals surface area contributed by atoms with Gasteiger partial charge in [-0.25, -0.2) is 4.79 Å². The number of amides is 2. The van der Waals surface area contributed by atoms with Gasteiger partial charge in [-0.1, -0.05) is 31.4 Å². The lowest BCUT2D eigenvalue weighted by Crippen LogP contribution is -2.42. The van der Waals surface area contributed by atoms with E-state index in [0.717, 1.165) is 37.4 Å². The number of carboxylic acids is 1. The number of thioether (sulfide) groups is 1. The van der Waals surface area contributed by atoms with Crippen LogP contribution in [0.15, 0.2) is 29.2 Å². The molecule has 1 aromatic rings. The number of carbonyl (C=O) groups is 3. The van der Waals surface area contributed by atoms with E-state index in [-0.39, 0.29) is 22.8 Å². The van der Waals surface area contributed by atoms with E-state index in [1.165, 1.54) is 23.5 Å². The van der Waals surface area contributed by atoms with E-state index in [9.17, 15) is 14.4 Å². The van der Waals surface area contributed by atoms with Crippen LogP contribution >= 0.6 is 11.8 Å². The van der Waals surface area contributed by atoms with Gasteiger partial charge in [0.05, 0.1) is 10.5 Å². The number of carboxylic acid groups (broad SMARTS) is 1. The number of imide groups is 1. The predicted molar refractivity (Wildman–Crippen MR) is 97.2 cm³/mol. The minimum atomic E-state index is -0.992. The first kappa shape index (κ1) is 17.7. The molecule has 1 N–H and O–H groups in total. The van der Waals surface area contributed by atoms with Crippen molar-refractivity contribution in [2.45, 2.75) is 45.1 Å². The summed E-state index contributed by atoms with van der Waals surface area (Å²) in [4.78, 5) is 37.8. The van der Waals surface area contributed by atoms with Gasteiger partial charge in [0.25, 0.3) is 11.1 Å². The Bertz CT molecular complexity index is 719. The molecule has 2 aliphatic rings. The highest BCUT2D eigenvalue weighted by molar-refractivity contribution is 8.18. The van der Waals surface area contributed by atoms with Gasteiger partial charge < -0.3 is 5.11 Å². The van der Waals surface area contributed by atoms with E-state index in [2.05, 4.69) is 0 Å². The van der Waals surface area contributed by atoms with Crippen molar-refractivity contribution in [1.82, 2.24) is 4.90 Å². The summed E-state index contributed by atoms with van der Waals surface area (Å²) in [5.41, 5.74) is 0.900. The second-order valence-electron chi connectivity index (χ2n) is 6.62. The van der Waals surface area contributed by atoms with Gasteiger partial charge in [0, 0.05) is 6.04 Å². The molecule has 2 amide bonds. The van der Waals surface area contributed by atoms with Crippen molar-refractivity contribution in [1.29, 1.82) is 0 Å². The van der Waals surface area contributed by atoms with Crippen LogP contribution in [0.3, 0.4) is 0 Å². The van der Waals surface area contributed by atoms with Crippen LogP contribution in [0.5, 0.6) is 0 Å². The number of rotatable bonds is 4. The highest BCUT2D eigenvalue weighted by atomic mass is 32.2. The molecule has 0 aromatic heterocycles. The molecule has 6 heteroatoms. The Hall–Kier alpha value is -2.08. The summed E-state index contributed by atoms with van der Waals surface area (Å²) >= 11 is 0.962. The fourth-order valence-electron chi connectivity index (χ4n) is 3.53. The van der Waals surface area contributed by atoms with Gasteiger partial charge >= 0.3 is 5.97 Å². The van der Waals surface area contributed by atoms with E-state index >= 15 is 0 Å². The highest BCUT2D eigenvalue weighted by Crippen LogP contribution is 2.37. The molecule has 0 radical (unpaired) electrons. The molecule has 0 spiro atoms. The van der Waals surface area contributed by atoms with Gasteiger partial charge in [-0.15, -0.1) is 0 Å². The maximum absolute atomic E-state index is 12.7. The Morgan fingerprint density at radius 2 is 1.84 bits per heavy atom. The van der Waals surface area contributed by atoms with Crippen molar-refractivity contribution in [3.63, 3.8) is 0 Å². The number of benzene rings is 1. The molecule has 25 heavy (non-hydrogen) atoms. The molecular weight excluding hydrogens is 338 g/mol. The minimum Gasteiger partial charge on any atom is -0.478 e. The molecule has 1 aliphatic carbocycles. The van der Waals surface area contributed by atoms with Crippen LogP contribution in [0, 0.1) is 5.92 Å². The summed E-state index contributed by atoms with van der Waals surface area (Å²) in [5.74, 6) is -0.847. The first-order chi connectivity index (χ1) is 12.0. The lowest BCUT2D eigenvalue weighted by molar-refractivity contribution is -0.125. The maximum Gasteiger partial charge on any atom is 0.335 e. The molecule has 1 atom stereocenters. The van der Waals surface area contributed by atoms with Crippen molar-refractivity contribution >= 4 is 35.0 Å². The van der Waals surface area contributed by atoms with Crippen LogP contribution in [-0.4, -0.2) is 33.2 Å². The third kappa shape index (κ3) is 3.79. The molecule has 1 aliphatic heterocycles. The van der Waals surface area contributed by atoms with Gasteiger partial charge in [-0.2, -0.15) is 0 Å². The molecule has 1 saturated heterocycles. The summed E-state index contributed by atoms with van der Waals surface area (Å²) < 4.78 is 0. The molecule has 0 bridgehead atoms. The number of aromatic carboxylic acids is 1. The molecule has 1 aromatic carbocycles. The minimum absolute atomic E-state index is 0.0758. The van der Waals surface area contributed by atoms with Crippen LogP contribution in [0.1, 0.15) is 54.9 Å². The van der Waals surface area contributed by atoms with Crippen LogP contribution in [-0.2, 0) is 4.79 Å². The number of hydrogen-bond donors (Lipinski definition) is 1. The summed E-state index contributed by atoms with van der Waals surface area (Å²) in [5, 5.41) is 8.72. The maximum atomic E-state index is 12.7. The van der Waals surface area contributed by atoms with Crippen LogP contribution in [0.4, 0.5) is 4.79 Å². The van der Waals surface area contributed by atoms with Crippen molar-refractivity contribution in [3.05, 3.63) is 40.3 Å². The standard InChI is InChI=1S/C19H21NO4S/c1-12(14-5-3-2-4-6-14)20-17(21)16(25-19(20)24)11-13-7-9-15(10-8-13)18(22)23/h7-12,14H,2-6H2,1H3,(H,22,23)/b16-11-. The Balaban J connectivity index is 1.76. The summed E-state index contributed by atoms with van der Waals surface area (Å²) in [6.07, 6.45) is 7.35. The average Bonchev–Trinajstić information content (AvgIpc) is 2.89. The normalized spacial score (nSPS) is 21.8. The third-order valence-corrected chi connectivity index (χ3v) is 5.90. The first-order valence-corrected chi connectivity index (χ1v) is 9.39. The van der Waals surface area contributed by atoms with Crippen molar-refractivity contribution in [2.24, 2.45) is 5.92 Å². The van der Waals surface area contributed by atoms with E-state index in [1.807, 2.05) is 6.92 Å². The molecule has 1 heterocycles. The fraction of sp³-hybridized carbons (Fsp3) is 0.421. The van der Waals surface area contributed by atoms with Crippen molar-refractivity contribution in [3.8, 4) is 0 Å². The Kier molecular flexibility index (Phi) is 5.27. The van der Waals surface area contributed by atoms with Crippen molar-refractivity contribution in [2.75, 3.05) is 0 Å². The summed E-state index contributed by atoms with van der Waals surface area (Å²) in [7, 11) is 0.